The Morgan fingerprint density at radius 1 is 1.24 bits per heavy atom. The minimum Gasteiger partial charge on any atom is -0.466 e. The van der Waals surface area contributed by atoms with Crippen molar-refractivity contribution in [3.63, 3.8) is 0 Å². The van der Waals surface area contributed by atoms with E-state index in [0.29, 0.717) is 18.0 Å². The summed E-state index contributed by atoms with van der Waals surface area (Å²) in [4.78, 5) is 52.5. The SMILES string of the molecule is CCOC(=O)CCN(CC1CC1)C(=O)CN1C(=O)NC(C)(c2ccccc2)C1=O. The first-order valence-electron chi connectivity index (χ1n) is 9.98. The van der Waals surface area contributed by atoms with E-state index in [9.17, 15) is 19.2 Å². The maximum atomic E-state index is 13.0. The lowest BCUT2D eigenvalue weighted by Crippen LogP contribution is -2.45. The summed E-state index contributed by atoms with van der Waals surface area (Å²) in [6, 6.07) is 8.35. The van der Waals surface area contributed by atoms with Crippen LogP contribution in [-0.2, 0) is 24.7 Å². The molecule has 1 N–H and O–H groups in total. The minimum absolute atomic E-state index is 0.0914. The smallest absolute Gasteiger partial charge is 0.325 e. The molecule has 1 saturated heterocycles. The normalized spacial score (nSPS) is 21.1. The van der Waals surface area contributed by atoms with Gasteiger partial charge in [0.15, 0.2) is 0 Å². The number of carbonyl (C=O) groups excluding carboxylic acids is 4. The van der Waals surface area contributed by atoms with Gasteiger partial charge in [-0.3, -0.25) is 19.3 Å². The van der Waals surface area contributed by atoms with Crippen LogP contribution in [0.25, 0.3) is 0 Å². The second kappa shape index (κ2) is 8.63. The van der Waals surface area contributed by atoms with Crippen LogP contribution in [0.3, 0.4) is 0 Å². The molecule has 156 valence electrons. The first kappa shape index (κ1) is 20.8. The highest BCUT2D eigenvalue weighted by Gasteiger charge is 2.49. The Labute approximate surface area is 170 Å². The molecule has 29 heavy (non-hydrogen) atoms. The largest absolute Gasteiger partial charge is 0.466 e. The first-order valence-corrected chi connectivity index (χ1v) is 9.98. The summed E-state index contributed by atoms with van der Waals surface area (Å²) in [5, 5.41) is 2.70. The van der Waals surface area contributed by atoms with Crippen LogP contribution in [0.15, 0.2) is 30.3 Å². The number of nitrogens with zero attached hydrogens (tertiary/aromatic N) is 2. The topological polar surface area (TPSA) is 96.0 Å². The molecule has 1 saturated carbocycles. The van der Waals surface area contributed by atoms with E-state index in [4.69, 9.17) is 4.74 Å². The molecule has 8 heteroatoms. The summed E-state index contributed by atoms with van der Waals surface area (Å²) in [5.41, 5.74) is -0.546. The number of imide groups is 1. The standard InChI is InChI=1S/C21H27N3O5/c1-3-29-18(26)11-12-23(13-15-9-10-15)17(25)14-24-19(27)21(2,22-20(24)28)16-7-5-4-6-8-16/h4-8,15H,3,9-14H2,1-2H3,(H,22,28). The number of amides is 4. The Morgan fingerprint density at radius 3 is 2.55 bits per heavy atom. The third kappa shape index (κ3) is 4.75. The zero-order chi connectivity index (χ0) is 21.0. The predicted octanol–water partition coefficient (Wildman–Crippen LogP) is 1.65. The molecule has 1 unspecified atom stereocenters. The van der Waals surface area contributed by atoms with Crippen LogP contribution in [0, 0.1) is 5.92 Å². The summed E-state index contributed by atoms with van der Waals surface area (Å²) in [7, 11) is 0. The van der Waals surface area contributed by atoms with Crippen molar-refractivity contribution in [3.8, 4) is 0 Å². The Hall–Kier alpha value is -2.90. The number of ether oxygens (including phenoxy) is 1. The Kier molecular flexibility index (Phi) is 6.20. The molecule has 0 spiro atoms. The van der Waals surface area contributed by atoms with Crippen LogP contribution in [0.5, 0.6) is 0 Å². The predicted molar refractivity (Wildman–Crippen MR) is 105 cm³/mol. The molecule has 1 aliphatic carbocycles. The highest BCUT2D eigenvalue weighted by molar-refractivity contribution is 6.09. The fourth-order valence-electron chi connectivity index (χ4n) is 3.43. The lowest BCUT2D eigenvalue weighted by Gasteiger charge is -2.25. The lowest BCUT2D eigenvalue weighted by atomic mass is 9.92. The first-order chi connectivity index (χ1) is 13.8. The van der Waals surface area contributed by atoms with Gasteiger partial charge in [0, 0.05) is 13.1 Å². The molecular formula is C21H27N3O5. The molecule has 1 aromatic rings. The van der Waals surface area contributed by atoms with Gasteiger partial charge in [0.2, 0.25) is 5.91 Å². The molecular weight excluding hydrogens is 374 g/mol. The van der Waals surface area contributed by atoms with Crippen LogP contribution in [0.4, 0.5) is 4.79 Å². The van der Waals surface area contributed by atoms with Gasteiger partial charge in [-0.25, -0.2) is 4.79 Å². The van der Waals surface area contributed by atoms with Crippen LogP contribution < -0.4 is 5.32 Å². The second-order valence-corrected chi connectivity index (χ2v) is 7.65. The third-order valence-electron chi connectivity index (χ3n) is 5.34. The second-order valence-electron chi connectivity index (χ2n) is 7.65. The number of hydrogen-bond acceptors (Lipinski definition) is 5. The molecule has 1 atom stereocenters. The molecule has 8 nitrogen and oxygen atoms in total. The Balaban J connectivity index is 1.67. The number of carbonyl (C=O) groups is 4. The van der Waals surface area contributed by atoms with E-state index in [1.165, 1.54) is 0 Å². The monoisotopic (exact) mass is 401 g/mol. The molecule has 1 aromatic carbocycles. The number of rotatable bonds is 9. The van der Waals surface area contributed by atoms with Gasteiger partial charge in [-0.05, 0) is 38.2 Å². The number of hydrogen-bond donors (Lipinski definition) is 1. The Morgan fingerprint density at radius 2 is 1.93 bits per heavy atom. The van der Waals surface area contributed by atoms with Crippen LogP contribution >= 0.6 is 0 Å². The fraction of sp³-hybridized carbons (Fsp3) is 0.524. The van der Waals surface area contributed by atoms with Gasteiger partial charge in [-0.1, -0.05) is 30.3 Å². The minimum atomic E-state index is -1.20. The van der Waals surface area contributed by atoms with Crippen molar-refractivity contribution >= 4 is 23.8 Å². The van der Waals surface area contributed by atoms with Gasteiger partial charge in [-0.2, -0.15) is 0 Å². The molecule has 3 rings (SSSR count). The Bertz CT molecular complexity index is 793. The molecule has 4 amide bonds. The molecule has 1 aliphatic heterocycles. The van der Waals surface area contributed by atoms with E-state index in [2.05, 4.69) is 5.32 Å². The van der Waals surface area contributed by atoms with E-state index >= 15 is 0 Å². The quantitative estimate of drug-likeness (QED) is 0.501. The molecule has 2 fully saturated rings. The van der Waals surface area contributed by atoms with Crippen LogP contribution in [0.1, 0.15) is 38.7 Å². The summed E-state index contributed by atoms with van der Waals surface area (Å²) in [5.74, 6) is -0.757. The van der Waals surface area contributed by atoms with Gasteiger partial charge in [0.25, 0.3) is 5.91 Å². The number of nitrogens with one attached hydrogen (secondary N) is 1. The van der Waals surface area contributed by atoms with Crippen molar-refractivity contribution < 1.29 is 23.9 Å². The van der Waals surface area contributed by atoms with E-state index in [1.807, 2.05) is 6.07 Å². The maximum absolute atomic E-state index is 13.0. The van der Waals surface area contributed by atoms with Crippen LogP contribution in [-0.4, -0.2) is 59.9 Å². The molecule has 1 heterocycles. The third-order valence-corrected chi connectivity index (χ3v) is 5.34. The van der Waals surface area contributed by atoms with Crippen molar-refractivity contribution in [2.75, 3.05) is 26.2 Å². The average molecular weight is 401 g/mol. The zero-order valence-corrected chi connectivity index (χ0v) is 16.8. The molecule has 2 aliphatic rings. The highest BCUT2D eigenvalue weighted by Crippen LogP contribution is 2.31. The summed E-state index contributed by atoms with van der Waals surface area (Å²) in [6.07, 6.45) is 2.17. The van der Waals surface area contributed by atoms with Gasteiger partial charge in [0.1, 0.15) is 12.1 Å². The van der Waals surface area contributed by atoms with Gasteiger partial charge in [-0.15, -0.1) is 0 Å². The summed E-state index contributed by atoms with van der Waals surface area (Å²) < 4.78 is 4.93. The molecule has 0 radical (unpaired) electrons. The fourth-order valence-corrected chi connectivity index (χ4v) is 3.43. The van der Waals surface area contributed by atoms with E-state index in [-0.39, 0.29) is 38.0 Å². The van der Waals surface area contributed by atoms with Crippen molar-refractivity contribution in [3.05, 3.63) is 35.9 Å². The summed E-state index contributed by atoms with van der Waals surface area (Å²) >= 11 is 0. The van der Waals surface area contributed by atoms with Crippen molar-refractivity contribution in [2.24, 2.45) is 5.92 Å². The number of esters is 1. The van der Waals surface area contributed by atoms with Gasteiger partial charge < -0.3 is 15.0 Å². The molecule has 0 aromatic heterocycles. The lowest BCUT2D eigenvalue weighted by molar-refractivity contribution is -0.145. The number of benzene rings is 1. The maximum Gasteiger partial charge on any atom is 0.325 e. The highest BCUT2D eigenvalue weighted by atomic mass is 16.5. The molecule has 0 bridgehead atoms. The number of urea groups is 1. The van der Waals surface area contributed by atoms with E-state index in [0.717, 1.165) is 17.7 Å². The van der Waals surface area contributed by atoms with E-state index < -0.39 is 17.5 Å². The van der Waals surface area contributed by atoms with Crippen LogP contribution in [0.2, 0.25) is 0 Å². The summed E-state index contributed by atoms with van der Waals surface area (Å²) in [6.45, 7) is 4.05. The average Bonchev–Trinajstić information content (AvgIpc) is 3.49. The zero-order valence-electron chi connectivity index (χ0n) is 16.8. The van der Waals surface area contributed by atoms with Crippen molar-refractivity contribution in [1.82, 2.24) is 15.1 Å². The van der Waals surface area contributed by atoms with Gasteiger partial charge >= 0.3 is 12.0 Å². The van der Waals surface area contributed by atoms with Gasteiger partial charge in [0.05, 0.1) is 13.0 Å². The van der Waals surface area contributed by atoms with E-state index in [1.54, 1.807) is 43.0 Å². The van der Waals surface area contributed by atoms with Crippen molar-refractivity contribution in [2.45, 2.75) is 38.6 Å². The van der Waals surface area contributed by atoms with Crippen molar-refractivity contribution in [1.29, 1.82) is 0 Å².